The molecule has 0 saturated carbocycles. The fourth-order valence-electron chi connectivity index (χ4n) is 3.10. The lowest BCUT2D eigenvalue weighted by atomic mass is 9.99. The number of rotatable bonds is 5. The average Bonchev–Trinajstić information content (AvgIpc) is 2.85. The highest BCUT2D eigenvalue weighted by molar-refractivity contribution is 7.90. The standard InChI is InChI=1S/C15H24N2O4S/c1-17-9-10(8-16)5-13(17)12-6-11(20-2)7-14(15(12)21-3)22(4,18)19/h6-7,10,13H,5,8-9,16H2,1-4H3. The van der Waals surface area contributed by atoms with Crippen molar-refractivity contribution >= 4 is 9.84 Å². The van der Waals surface area contributed by atoms with E-state index in [1.807, 2.05) is 13.1 Å². The zero-order chi connectivity index (χ0) is 16.5. The number of nitrogens with zero attached hydrogens (tertiary/aromatic N) is 1. The van der Waals surface area contributed by atoms with Crippen molar-refractivity contribution in [2.45, 2.75) is 17.4 Å². The highest BCUT2D eigenvalue weighted by Gasteiger charge is 2.33. The van der Waals surface area contributed by atoms with E-state index in [1.165, 1.54) is 26.5 Å². The first-order valence-corrected chi connectivity index (χ1v) is 9.07. The maximum Gasteiger partial charge on any atom is 0.179 e. The minimum Gasteiger partial charge on any atom is -0.497 e. The van der Waals surface area contributed by atoms with Gasteiger partial charge in [-0.05, 0) is 32.0 Å². The molecule has 0 aromatic heterocycles. The summed E-state index contributed by atoms with van der Waals surface area (Å²) in [6.07, 6.45) is 2.05. The predicted molar refractivity (Wildman–Crippen MR) is 85.2 cm³/mol. The van der Waals surface area contributed by atoms with E-state index >= 15 is 0 Å². The van der Waals surface area contributed by atoms with Gasteiger partial charge < -0.3 is 15.2 Å². The molecule has 1 aliphatic rings. The molecule has 2 atom stereocenters. The molecule has 22 heavy (non-hydrogen) atoms. The highest BCUT2D eigenvalue weighted by atomic mass is 32.2. The first-order chi connectivity index (χ1) is 10.3. The fraction of sp³-hybridized carbons (Fsp3) is 0.600. The normalized spacial score (nSPS) is 22.8. The van der Waals surface area contributed by atoms with Gasteiger partial charge in [0.05, 0.1) is 14.2 Å². The zero-order valence-corrected chi connectivity index (χ0v) is 14.3. The van der Waals surface area contributed by atoms with Gasteiger partial charge in [0.15, 0.2) is 9.84 Å². The van der Waals surface area contributed by atoms with Crippen LogP contribution in [0.25, 0.3) is 0 Å². The maximum atomic E-state index is 12.1. The van der Waals surface area contributed by atoms with Gasteiger partial charge in [-0.3, -0.25) is 4.90 Å². The Morgan fingerprint density at radius 2 is 2.00 bits per heavy atom. The summed E-state index contributed by atoms with van der Waals surface area (Å²) in [5.41, 5.74) is 6.62. The Bertz CT molecular complexity index is 645. The topological polar surface area (TPSA) is 81.9 Å². The van der Waals surface area contributed by atoms with Crippen molar-refractivity contribution in [1.82, 2.24) is 4.90 Å². The second-order valence-corrected chi connectivity index (χ2v) is 7.80. The van der Waals surface area contributed by atoms with Crippen LogP contribution in [0.15, 0.2) is 17.0 Å². The summed E-state index contributed by atoms with van der Waals surface area (Å²) in [6.45, 7) is 1.50. The quantitative estimate of drug-likeness (QED) is 0.870. The van der Waals surface area contributed by atoms with Gasteiger partial charge in [0.2, 0.25) is 0 Å². The number of ether oxygens (including phenoxy) is 2. The van der Waals surface area contributed by atoms with E-state index in [9.17, 15) is 8.42 Å². The molecule has 0 radical (unpaired) electrons. The molecular formula is C15H24N2O4S. The van der Waals surface area contributed by atoms with E-state index in [2.05, 4.69) is 4.90 Å². The molecule has 0 spiro atoms. The van der Waals surface area contributed by atoms with Gasteiger partial charge in [-0.25, -0.2) is 8.42 Å². The third-order valence-electron chi connectivity index (χ3n) is 4.22. The van der Waals surface area contributed by atoms with Crippen LogP contribution in [0.1, 0.15) is 18.0 Å². The Balaban J connectivity index is 2.59. The Kier molecular flexibility index (Phi) is 4.99. The van der Waals surface area contributed by atoms with E-state index in [4.69, 9.17) is 15.2 Å². The van der Waals surface area contributed by atoms with Gasteiger partial charge in [0, 0.05) is 30.5 Å². The lowest BCUT2D eigenvalue weighted by molar-refractivity contribution is 0.299. The Labute approximate surface area is 132 Å². The van der Waals surface area contributed by atoms with Crippen molar-refractivity contribution in [3.8, 4) is 11.5 Å². The Morgan fingerprint density at radius 1 is 1.32 bits per heavy atom. The largest absolute Gasteiger partial charge is 0.497 e. The average molecular weight is 328 g/mol. The monoisotopic (exact) mass is 328 g/mol. The van der Waals surface area contributed by atoms with Crippen LogP contribution >= 0.6 is 0 Å². The third kappa shape index (κ3) is 3.21. The van der Waals surface area contributed by atoms with Crippen molar-refractivity contribution in [1.29, 1.82) is 0 Å². The number of methoxy groups -OCH3 is 2. The zero-order valence-electron chi connectivity index (χ0n) is 13.5. The van der Waals surface area contributed by atoms with Crippen molar-refractivity contribution in [3.05, 3.63) is 17.7 Å². The maximum absolute atomic E-state index is 12.1. The summed E-state index contributed by atoms with van der Waals surface area (Å²) < 4.78 is 34.9. The lowest BCUT2D eigenvalue weighted by Crippen LogP contribution is -2.21. The predicted octanol–water partition coefficient (Wildman–Crippen LogP) is 1.06. The Hall–Kier alpha value is -1.31. The van der Waals surface area contributed by atoms with Crippen LogP contribution in [0, 0.1) is 5.92 Å². The van der Waals surface area contributed by atoms with Gasteiger partial charge in [-0.1, -0.05) is 0 Å². The third-order valence-corrected chi connectivity index (χ3v) is 5.33. The molecule has 1 aliphatic heterocycles. The first-order valence-electron chi connectivity index (χ1n) is 7.18. The number of likely N-dealkylation sites (tertiary alicyclic amines) is 1. The molecular weight excluding hydrogens is 304 g/mol. The van der Waals surface area contributed by atoms with E-state index in [-0.39, 0.29) is 10.9 Å². The van der Waals surface area contributed by atoms with Crippen molar-refractivity contribution in [2.75, 3.05) is 40.6 Å². The molecule has 6 nitrogen and oxygen atoms in total. The fourth-order valence-corrected chi connectivity index (χ4v) is 3.96. The van der Waals surface area contributed by atoms with Crippen LogP contribution in [-0.2, 0) is 9.84 Å². The van der Waals surface area contributed by atoms with Crippen molar-refractivity contribution < 1.29 is 17.9 Å². The number of hydrogen-bond acceptors (Lipinski definition) is 6. The molecule has 2 unspecified atom stereocenters. The SMILES string of the molecule is COc1cc(C2CC(CN)CN2C)c(OC)c(S(C)(=O)=O)c1. The molecule has 2 N–H and O–H groups in total. The van der Waals surface area contributed by atoms with Gasteiger partial charge in [0.25, 0.3) is 0 Å². The molecule has 1 fully saturated rings. The van der Waals surface area contributed by atoms with Crippen molar-refractivity contribution in [3.63, 3.8) is 0 Å². The highest BCUT2D eigenvalue weighted by Crippen LogP contribution is 2.43. The summed E-state index contributed by atoms with van der Waals surface area (Å²) in [5, 5.41) is 0. The minimum absolute atomic E-state index is 0.0686. The van der Waals surface area contributed by atoms with E-state index < -0.39 is 9.84 Å². The van der Waals surface area contributed by atoms with Crippen LogP contribution in [0.2, 0.25) is 0 Å². The first kappa shape index (κ1) is 17.1. The summed E-state index contributed by atoms with van der Waals surface area (Å²) in [6, 6.07) is 3.43. The molecule has 1 heterocycles. The van der Waals surface area contributed by atoms with Gasteiger partial charge >= 0.3 is 0 Å². The minimum atomic E-state index is -3.41. The molecule has 1 aromatic rings. The van der Waals surface area contributed by atoms with Crippen LogP contribution in [-0.4, -0.2) is 53.9 Å². The second-order valence-electron chi connectivity index (χ2n) is 5.81. The molecule has 0 aliphatic carbocycles. The molecule has 0 amide bonds. The number of nitrogens with two attached hydrogens (primary N) is 1. The molecule has 1 aromatic carbocycles. The lowest BCUT2D eigenvalue weighted by Gasteiger charge is -2.24. The van der Waals surface area contributed by atoms with Crippen LogP contribution < -0.4 is 15.2 Å². The summed E-state index contributed by atoms with van der Waals surface area (Å²) in [4.78, 5) is 2.34. The van der Waals surface area contributed by atoms with Crippen molar-refractivity contribution in [2.24, 2.45) is 11.7 Å². The molecule has 0 bridgehead atoms. The van der Waals surface area contributed by atoms with Gasteiger partial charge in [-0.2, -0.15) is 0 Å². The molecule has 7 heteroatoms. The molecule has 1 saturated heterocycles. The summed E-state index contributed by atoms with van der Waals surface area (Å²) >= 11 is 0. The van der Waals surface area contributed by atoms with E-state index in [0.29, 0.717) is 24.0 Å². The van der Waals surface area contributed by atoms with E-state index in [1.54, 1.807) is 0 Å². The van der Waals surface area contributed by atoms with E-state index in [0.717, 1.165) is 18.5 Å². The van der Waals surface area contributed by atoms with Gasteiger partial charge in [-0.15, -0.1) is 0 Å². The van der Waals surface area contributed by atoms with Crippen LogP contribution in [0.5, 0.6) is 11.5 Å². The number of benzene rings is 1. The number of sulfone groups is 1. The molecule has 124 valence electrons. The summed E-state index contributed by atoms with van der Waals surface area (Å²) in [7, 11) is 1.62. The number of hydrogen-bond donors (Lipinski definition) is 1. The molecule has 2 rings (SSSR count). The van der Waals surface area contributed by atoms with Gasteiger partial charge in [0.1, 0.15) is 16.4 Å². The van der Waals surface area contributed by atoms with Crippen LogP contribution in [0.4, 0.5) is 0 Å². The van der Waals surface area contributed by atoms with Crippen LogP contribution in [0.3, 0.4) is 0 Å². The smallest absolute Gasteiger partial charge is 0.179 e. The second kappa shape index (κ2) is 6.44. The Morgan fingerprint density at radius 3 is 2.45 bits per heavy atom. The summed E-state index contributed by atoms with van der Waals surface area (Å²) in [5.74, 6) is 1.31.